The molecule has 0 spiro atoms. The van der Waals surface area contributed by atoms with Gasteiger partial charge in [0.25, 0.3) is 0 Å². The maximum absolute atomic E-state index is 12.3. The lowest BCUT2D eigenvalue weighted by atomic mass is 9.49. The fraction of sp³-hybridized carbons (Fsp3) is 0.800. The van der Waals surface area contributed by atoms with Crippen molar-refractivity contribution in [3.63, 3.8) is 0 Å². The van der Waals surface area contributed by atoms with Crippen LogP contribution in [-0.4, -0.2) is 45.2 Å². The summed E-state index contributed by atoms with van der Waals surface area (Å²) in [5.41, 5.74) is -1.02. The quantitative estimate of drug-likeness (QED) is 0.701. The Morgan fingerprint density at radius 1 is 1.28 bits per heavy atom. The average molecular weight is 348 g/mol. The molecule has 0 aromatic rings. The first-order valence-corrected chi connectivity index (χ1v) is 9.60. The molecule has 0 saturated heterocycles. The second kappa shape index (κ2) is 5.73. The highest BCUT2D eigenvalue weighted by Gasteiger charge is 2.66. The Balaban J connectivity index is 1.69. The molecule has 0 amide bonds. The minimum atomic E-state index is -1.53. The van der Waals surface area contributed by atoms with Crippen molar-refractivity contribution >= 4 is 11.6 Å². The van der Waals surface area contributed by atoms with Gasteiger partial charge >= 0.3 is 0 Å². The number of Topliss-reactive ketones (excluding diaryl/α,β-unsaturated/α-hetero) is 1. The number of fused-ring (bicyclic) bond motifs is 5. The molecule has 4 rings (SSSR count). The average Bonchev–Trinajstić information content (AvgIpc) is 2.85. The van der Waals surface area contributed by atoms with Crippen LogP contribution in [0.25, 0.3) is 0 Å². The molecule has 4 aliphatic rings. The van der Waals surface area contributed by atoms with Crippen LogP contribution < -0.4 is 0 Å². The number of hydrogen-bond donors (Lipinski definition) is 3. The smallest absolute Gasteiger partial charge is 0.190 e. The normalized spacial score (nSPS) is 49.0. The van der Waals surface area contributed by atoms with Gasteiger partial charge in [-0.15, -0.1) is 0 Å². The number of aliphatic hydroxyl groups excluding tert-OH is 2. The van der Waals surface area contributed by atoms with Crippen LogP contribution in [0.2, 0.25) is 0 Å². The second-order valence-electron chi connectivity index (χ2n) is 8.89. The molecule has 0 aromatic carbocycles. The molecule has 3 saturated carbocycles. The van der Waals surface area contributed by atoms with E-state index < -0.39 is 29.5 Å². The third-order valence-corrected chi connectivity index (χ3v) is 8.03. The highest BCUT2D eigenvalue weighted by Crippen LogP contribution is 2.64. The van der Waals surface area contributed by atoms with E-state index in [1.54, 1.807) is 6.08 Å². The van der Waals surface area contributed by atoms with Gasteiger partial charge in [-0.3, -0.25) is 9.59 Å². The second-order valence-corrected chi connectivity index (χ2v) is 8.89. The van der Waals surface area contributed by atoms with E-state index >= 15 is 0 Å². The summed E-state index contributed by atoms with van der Waals surface area (Å²) in [6.07, 6.45) is 5.88. The Labute approximate surface area is 148 Å². The molecule has 0 aromatic heterocycles. The van der Waals surface area contributed by atoms with Gasteiger partial charge in [-0.05, 0) is 68.3 Å². The van der Waals surface area contributed by atoms with Crippen molar-refractivity contribution in [3.8, 4) is 0 Å². The zero-order valence-corrected chi connectivity index (χ0v) is 14.8. The third-order valence-electron chi connectivity index (χ3n) is 8.03. The number of carbonyl (C=O) groups excluding carboxylic acids is 2. The lowest BCUT2D eigenvalue weighted by molar-refractivity contribution is -0.175. The highest BCUT2D eigenvalue weighted by molar-refractivity contribution is 5.91. The van der Waals surface area contributed by atoms with Crippen molar-refractivity contribution in [3.05, 3.63) is 11.6 Å². The Kier molecular flexibility index (Phi) is 3.98. The van der Waals surface area contributed by atoms with Crippen molar-refractivity contribution in [2.24, 2.45) is 29.1 Å². The summed E-state index contributed by atoms with van der Waals surface area (Å²) < 4.78 is 0. The van der Waals surface area contributed by atoms with Gasteiger partial charge in [0.2, 0.25) is 0 Å². The molecule has 138 valence electrons. The lowest BCUT2D eigenvalue weighted by Gasteiger charge is -2.57. The summed E-state index contributed by atoms with van der Waals surface area (Å²) in [7, 11) is 0. The van der Waals surface area contributed by atoms with Crippen LogP contribution in [0.3, 0.4) is 0 Å². The summed E-state index contributed by atoms with van der Waals surface area (Å²) in [4.78, 5) is 24.1. The van der Waals surface area contributed by atoms with E-state index in [0.29, 0.717) is 19.3 Å². The molecular weight excluding hydrogens is 320 g/mol. The summed E-state index contributed by atoms with van der Waals surface area (Å²) in [5.74, 6) is 0.521. The molecule has 3 fully saturated rings. The lowest BCUT2D eigenvalue weighted by Crippen LogP contribution is -2.60. The van der Waals surface area contributed by atoms with Gasteiger partial charge in [-0.25, -0.2) is 0 Å². The third kappa shape index (κ3) is 2.25. The fourth-order valence-electron chi connectivity index (χ4n) is 6.85. The predicted octanol–water partition coefficient (Wildman–Crippen LogP) is 1.39. The predicted molar refractivity (Wildman–Crippen MR) is 90.5 cm³/mol. The number of aliphatic hydroxyl groups is 3. The van der Waals surface area contributed by atoms with E-state index in [4.69, 9.17) is 0 Å². The first-order valence-electron chi connectivity index (χ1n) is 9.60. The minimum Gasteiger partial charge on any atom is -0.393 e. The van der Waals surface area contributed by atoms with Gasteiger partial charge in [0.05, 0.1) is 6.10 Å². The van der Waals surface area contributed by atoms with Crippen LogP contribution in [0.15, 0.2) is 11.6 Å². The zero-order chi connectivity index (χ0) is 18.0. The monoisotopic (exact) mass is 348 g/mol. The molecule has 0 radical (unpaired) electrons. The Bertz CT molecular complexity index is 640. The van der Waals surface area contributed by atoms with Gasteiger partial charge in [0, 0.05) is 11.8 Å². The van der Waals surface area contributed by atoms with E-state index in [1.807, 2.05) is 6.92 Å². The van der Waals surface area contributed by atoms with Crippen molar-refractivity contribution in [1.29, 1.82) is 0 Å². The first kappa shape index (κ1) is 17.4. The number of ketones is 2. The first-order chi connectivity index (χ1) is 11.8. The molecule has 0 heterocycles. The van der Waals surface area contributed by atoms with Crippen LogP contribution in [0.4, 0.5) is 0 Å². The van der Waals surface area contributed by atoms with Crippen LogP contribution in [0, 0.1) is 29.1 Å². The van der Waals surface area contributed by atoms with Crippen molar-refractivity contribution in [2.75, 3.05) is 6.61 Å². The van der Waals surface area contributed by atoms with E-state index in [-0.39, 0.29) is 29.5 Å². The molecular formula is C20H28O5. The van der Waals surface area contributed by atoms with E-state index in [9.17, 15) is 24.9 Å². The van der Waals surface area contributed by atoms with E-state index in [1.165, 1.54) is 5.57 Å². The van der Waals surface area contributed by atoms with Crippen LogP contribution in [0.5, 0.6) is 0 Å². The molecule has 3 N–H and O–H groups in total. The Morgan fingerprint density at radius 3 is 2.76 bits per heavy atom. The fourth-order valence-corrected chi connectivity index (χ4v) is 6.85. The van der Waals surface area contributed by atoms with Gasteiger partial charge in [-0.2, -0.15) is 0 Å². The maximum atomic E-state index is 12.3. The van der Waals surface area contributed by atoms with Gasteiger partial charge < -0.3 is 15.3 Å². The minimum absolute atomic E-state index is 0.123. The van der Waals surface area contributed by atoms with Gasteiger partial charge in [0.15, 0.2) is 11.6 Å². The zero-order valence-electron chi connectivity index (χ0n) is 14.8. The molecule has 25 heavy (non-hydrogen) atoms. The van der Waals surface area contributed by atoms with Crippen LogP contribution in [-0.2, 0) is 9.59 Å². The topological polar surface area (TPSA) is 94.8 Å². The number of rotatable bonds is 2. The van der Waals surface area contributed by atoms with Gasteiger partial charge in [0.1, 0.15) is 12.2 Å². The summed E-state index contributed by atoms with van der Waals surface area (Å²) in [6.45, 7) is 1.27. The molecule has 5 nitrogen and oxygen atoms in total. The van der Waals surface area contributed by atoms with E-state index in [0.717, 1.165) is 25.7 Å². The molecule has 0 bridgehead atoms. The molecule has 4 aliphatic carbocycles. The van der Waals surface area contributed by atoms with Gasteiger partial charge in [-0.1, -0.05) is 12.5 Å². The van der Waals surface area contributed by atoms with E-state index in [2.05, 4.69) is 0 Å². The number of carbonyl (C=O) groups is 2. The number of allylic oxidation sites excluding steroid dienone is 1. The van der Waals surface area contributed by atoms with Crippen molar-refractivity contribution in [2.45, 2.75) is 63.6 Å². The largest absolute Gasteiger partial charge is 0.393 e. The summed E-state index contributed by atoms with van der Waals surface area (Å²) >= 11 is 0. The Hall–Kier alpha value is -1.04. The maximum Gasteiger partial charge on any atom is 0.190 e. The van der Waals surface area contributed by atoms with Crippen molar-refractivity contribution in [1.82, 2.24) is 0 Å². The Morgan fingerprint density at radius 2 is 2.04 bits per heavy atom. The van der Waals surface area contributed by atoms with Crippen LogP contribution in [0.1, 0.15) is 51.9 Å². The SMILES string of the molecule is C[C@]12C[C@H](O)[C@H]3[C@@H](CCC4=CC(=O)CC[C@@H]43)[C@@H]1CC[C@]2(O)C(=O)CO. The standard InChI is InChI=1S/C20H28O5/c1-19-9-16(23)18-13-5-3-12(22)8-11(13)2-4-14(18)15(19)6-7-20(19,25)17(24)10-21/h8,13-16,18,21,23,25H,2-7,9-10H2,1H3/t13-,14-,15-,16-,18+,19-,20-/m0/s1. The molecule has 7 atom stereocenters. The molecule has 0 unspecified atom stereocenters. The molecule has 5 heteroatoms. The molecule has 0 aliphatic heterocycles. The van der Waals surface area contributed by atoms with Crippen molar-refractivity contribution < 1.29 is 24.9 Å². The summed E-state index contributed by atoms with van der Waals surface area (Å²) in [6, 6.07) is 0. The van der Waals surface area contributed by atoms with Crippen LogP contribution >= 0.6 is 0 Å². The summed E-state index contributed by atoms with van der Waals surface area (Å²) in [5, 5.41) is 31.5. The number of hydrogen-bond acceptors (Lipinski definition) is 5. The highest BCUT2D eigenvalue weighted by atomic mass is 16.3.